The molecule has 1 aromatic rings. The third-order valence-corrected chi connectivity index (χ3v) is 5.09. The van der Waals surface area contributed by atoms with E-state index in [1.165, 1.54) is 30.6 Å². The molecule has 0 aliphatic heterocycles. The molecular formula is C15H26BrNOS. The van der Waals surface area contributed by atoms with Gasteiger partial charge in [-0.1, -0.05) is 33.1 Å². The molecule has 19 heavy (non-hydrogen) atoms. The van der Waals surface area contributed by atoms with Gasteiger partial charge < -0.3 is 10.5 Å². The van der Waals surface area contributed by atoms with Gasteiger partial charge in [0.15, 0.2) is 0 Å². The molecule has 0 aliphatic rings. The van der Waals surface area contributed by atoms with Crippen LogP contribution in [0.25, 0.3) is 0 Å². The highest BCUT2D eigenvalue weighted by molar-refractivity contribution is 9.11. The van der Waals surface area contributed by atoms with Crippen molar-refractivity contribution in [2.75, 3.05) is 6.61 Å². The Morgan fingerprint density at radius 3 is 2.58 bits per heavy atom. The number of ether oxygens (including phenoxy) is 1. The number of hydrogen-bond acceptors (Lipinski definition) is 3. The molecule has 110 valence electrons. The average molecular weight is 348 g/mol. The molecule has 3 unspecified atom stereocenters. The second-order valence-electron chi connectivity index (χ2n) is 5.17. The van der Waals surface area contributed by atoms with Crippen molar-refractivity contribution in [2.45, 2.75) is 58.6 Å². The molecule has 2 nitrogen and oxygen atoms in total. The number of halogens is 1. The first-order chi connectivity index (χ1) is 9.08. The number of hydrogen-bond donors (Lipinski definition) is 1. The summed E-state index contributed by atoms with van der Waals surface area (Å²) < 4.78 is 7.25. The molecular weight excluding hydrogens is 322 g/mol. The van der Waals surface area contributed by atoms with Gasteiger partial charge in [-0.25, -0.2) is 0 Å². The minimum atomic E-state index is 0.0203. The monoisotopic (exact) mass is 347 g/mol. The molecule has 4 heteroatoms. The van der Waals surface area contributed by atoms with Crippen LogP contribution < -0.4 is 5.73 Å². The topological polar surface area (TPSA) is 35.2 Å². The number of thiophene rings is 1. The molecule has 0 saturated heterocycles. The van der Waals surface area contributed by atoms with Crippen molar-refractivity contribution >= 4 is 27.3 Å². The molecule has 0 amide bonds. The van der Waals surface area contributed by atoms with Crippen LogP contribution in [0.1, 0.15) is 57.4 Å². The van der Waals surface area contributed by atoms with Gasteiger partial charge in [0.2, 0.25) is 0 Å². The summed E-state index contributed by atoms with van der Waals surface area (Å²) in [4.78, 5) is 1.22. The first-order valence-electron chi connectivity index (χ1n) is 7.20. The lowest BCUT2D eigenvalue weighted by Crippen LogP contribution is -2.28. The maximum absolute atomic E-state index is 6.12. The Balaban J connectivity index is 2.54. The lowest BCUT2D eigenvalue weighted by Gasteiger charge is -2.23. The molecule has 1 aromatic heterocycles. The van der Waals surface area contributed by atoms with Crippen molar-refractivity contribution in [3.05, 3.63) is 20.8 Å². The van der Waals surface area contributed by atoms with Gasteiger partial charge in [0.25, 0.3) is 0 Å². The second kappa shape index (κ2) is 9.11. The van der Waals surface area contributed by atoms with Gasteiger partial charge in [0.05, 0.1) is 10.4 Å². The summed E-state index contributed by atoms with van der Waals surface area (Å²) in [5.41, 5.74) is 6.07. The molecule has 0 saturated carbocycles. The van der Waals surface area contributed by atoms with E-state index < -0.39 is 0 Å². The molecule has 0 bridgehead atoms. The van der Waals surface area contributed by atoms with E-state index in [0.29, 0.717) is 5.92 Å². The fourth-order valence-electron chi connectivity index (χ4n) is 2.11. The molecule has 0 aliphatic carbocycles. The van der Waals surface area contributed by atoms with E-state index in [2.05, 4.69) is 41.9 Å². The highest BCUT2D eigenvalue weighted by Crippen LogP contribution is 2.31. The van der Waals surface area contributed by atoms with Crippen LogP contribution in [0.3, 0.4) is 0 Å². The average Bonchev–Trinajstić information content (AvgIpc) is 2.79. The Bertz CT molecular complexity index is 354. The summed E-state index contributed by atoms with van der Waals surface area (Å²) in [5, 5.41) is 0. The van der Waals surface area contributed by atoms with E-state index in [1.807, 2.05) is 6.92 Å². The lowest BCUT2D eigenvalue weighted by molar-refractivity contribution is 0.0148. The third-order valence-electron chi connectivity index (χ3n) is 3.41. The summed E-state index contributed by atoms with van der Waals surface area (Å²) in [6.07, 6.45) is 5.00. The van der Waals surface area contributed by atoms with E-state index in [0.717, 1.165) is 10.4 Å². The Morgan fingerprint density at radius 2 is 2.11 bits per heavy atom. The van der Waals surface area contributed by atoms with Gasteiger partial charge in [-0.15, -0.1) is 11.3 Å². The standard InChI is InChI=1S/C15H26BrNOS/c1-4-6-7-12(5-2)10-18-15(11(3)17)13-8-9-14(16)19-13/h8-9,11-12,15H,4-7,10,17H2,1-3H3. The highest BCUT2D eigenvalue weighted by Gasteiger charge is 2.20. The van der Waals surface area contributed by atoms with E-state index in [-0.39, 0.29) is 12.1 Å². The van der Waals surface area contributed by atoms with Crippen LogP contribution in [-0.4, -0.2) is 12.6 Å². The summed E-state index contributed by atoms with van der Waals surface area (Å²) in [7, 11) is 0. The largest absolute Gasteiger partial charge is 0.371 e. The fourth-order valence-corrected chi connectivity index (χ4v) is 3.70. The van der Waals surface area contributed by atoms with Crippen molar-refractivity contribution in [1.82, 2.24) is 0 Å². The smallest absolute Gasteiger partial charge is 0.106 e. The maximum Gasteiger partial charge on any atom is 0.106 e. The molecule has 2 N–H and O–H groups in total. The van der Waals surface area contributed by atoms with Crippen LogP contribution in [0.5, 0.6) is 0 Å². The van der Waals surface area contributed by atoms with Crippen molar-refractivity contribution in [1.29, 1.82) is 0 Å². The molecule has 0 fully saturated rings. The first kappa shape index (κ1) is 17.2. The van der Waals surface area contributed by atoms with E-state index in [4.69, 9.17) is 10.5 Å². The van der Waals surface area contributed by atoms with Crippen LogP contribution in [0.15, 0.2) is 15.9 Å². The van der Waals surface area contributed by atoms with Crippen molar-refractivity contribution < 1.29 is 4.74 Å². The Labute approximate surface area is 129 Å². The predicted molar refractivity (Wildman–Crippen MR) is 87.7 cm³/mol. The Morgan fingerprint density at radius 1 is 1.37 bits per heavy atom. The minimum Gasteiger partial charge on any atom is -0.371 e. The zero-order valence-electron chi connectivity index (χ0n) is 12.2. The molecule has 1 heterocycles. The SMILES string of the molecule is CCCCC(CC)COC(c1ccc(Br)s1)C(C)N. The van der Waals surface area contributed by atoms with Crippen LogP contribution in [0, 0.1) is 5.92 Å². The van der Waals surface area contributed by atoms with Crippen LogP contribution in [0.2, 0.25) is 0 Å². The molecule has 0 radical (unpaired) electrons. The van der Waals surface area contributed by atoms with E-state index >= 15 is 0 Å². The zero-order valence-corrected chi connectivity index (χ0v) is 14.6. The fraction of sp³-hybridized carbons (Fsp3) is 0.733. The number of rotatable bonds is 9. The van der Waals surface area contributed by atoms with E-state index in [1.54, 1.807) is 11.3 Å². The van der Waals surface area contributed by atoms with Crippen LogP contribution in [-0.2, 0) is 4.74 Å². The molecule has 0 spiro atoms. The predicted octanol–water partition coefficient (Wildman–Crippen LogP) is 5.13. The Kier molecular flexibility index (Phi) is 8.23. The molecule has 1 rings (SSSR count). The zero-order chi connectivity index (χ0) is 14.3. The molecule has 0 aromatic carbocycles. The second-order valence-corrected chi connectivity index (χ2v) is 7.67. The summed E-state index contributed by atoms with van der Waals surface area (Å²) >= 11 is 5.21. The van der Waals surface area contributed by atoms with Gasteiger partial charge in [0, 0.05) is 10.9 Å². The Hall–Kier alpha value is 0.1000. The van der Waals surface area contributed by atoms with Crippen LogP contribution >= 0.6 is 27.3 Å². The quantitative estimate of drug-likeness (QED) is 0.671. The normalized spacial score (nSPS) is 16.3. The minimum absolute atomic E-state index is 0.0203. The van der Waals surface area contributed by atoms with Crippen molar-refractivity contribution in [2.24, 2.45) is 11.7 Å². The van der Waals surface area contributed by atoms with Gasteiger partial charge in [-0.05, 0) is 47.3 Å². The first-order valence-corrected chi connectivity index (χ1v) is 8.81. The lowest BCUT2D eigenvalue weighted by atomic mass is 10.0. The summed E-state index contributed by atoms with van der Waals surface area (Å²) in [6, 6.07) is 4.19. The number of unbranched alkanes of at least 4 members (excludes halogenated alkanes) is 1. The van der Waals surface area contributed by atoms with Crippen molar-refractivity contribution in [3.63, 3.8) is 0 Å². The van der Waals surface area contributed by atoms with Gasteiger partial charge >= 0.3 is 0 Å². The highest BCUT2D eigenvalue weighted by atomic mass is 79.9. The maximum atomic E-state index is 6.12. The molecule has 3 atom stereocenters. The van der Waals surface area contributed by atoms with E-state index in [9.17, 15) is 0 Å². The van der Waals surface area contributed by atoms with Crippen LogP contribution in [0.4, 0.5) is 0 Å². The summed E-state index contributed by atoms with van der Waals surface area (Å²) in [5.74, 6) is 0.657. The third kappa shape index (κ3) is 5.94. The van der Waals surface area contributed by atoms with Gasteiger partial charge in [-0.3, -0.25) is 0 Å². The van der Waals surface area contributed by atoms with Gasteiger partial charge in [0.1, 0.15) is 6.10 Å². The summed E-state index contributed by atoms with van der Waals surface area (Å²) in [6.45, 7) is 7.32. The van der Waals surface area contributed by atoms with Crippen molar-refractivity contribution in [3.8, 4) is 0 Å². The van der Waals surface area contributed by atoms with Gasteiger partial charge in [-0.2, -0.15) is 0 Å². The number of nitrogens with two attached hydrogens (primary N) is 1.